The van der Waals surface area contributed by atoms with Crippen LogP contribution >= 0.6 is 22.7 Å². The first-order chi connectivity index (χ1) is 6.83. The van der Waals surface area contributed by atoms with E-state index in [9.17, 15) is 0 Å². The zero-order chi connectivity index (χ0) is 9.54. The third kappa shape index (κ3) is 1.11. The molecule has 0 bridgehead atoms. The molecule has 3 rings (SSSR count). The number of imidazole rings is 1. The van der Waals surface area contributed by atoms with Crippen LogP contribution in [0, 0.1) is 0 Å². The van der Waals surface area contributed by atoms with Gasteiger partial charge in [0, 0.05) is 0 Å². The van der Waals surface area contributed by atoms with Crippen molar-refractivity contribution < 1.29 is 0 Å². The van der Waals surface area contributed by atoms with Crippen molar-refractivity contribution >= 4 is 32.8 Å². The predicted molar refractivity (Wildman–Crippen MR) is 58.6 cm³/mol. The zero-order valence-electron chi connectivity index (χ0n) is 7.04. The molecule has 0 saturated carbocycles. The number of nitrogens with zero attached hydrogens (tertiary/aromatic N) is 3. The molecule has 70 valence electrons. The number of rotatable bonds is 1. The first-order valence-electron chi connectivity index (χ1n) is 3.98. The fraction of sp³-hybridized carbons (Fsp3) is 0. The van der Waals surface area contributed by atoms with Gasteiger partial charge in [0.1, 0.15) is 5.69 Å². The van der Waals surface area contributed by atoms with Gasteiger partial charge >= 0.3 is 0 Å². The normalized spacial score (nSPS) is 11.1. The van der Waals surface area contributed by atoms with E-state index in [2.05, 4.69) is 10.1 Å². The Labute approximate surface area is 87.6 Å². The van der Waals surface area contributed by atoms with E-state index in [4.69, 9.17) is 5.73 Å². The first-order valence-corrected chi connectivity index (χ1v) is 5.68. The Morgan fingerprint density at radius 3 is 3.07 bits per heavy atom. The Hall–Kier alpha value is -1.40. The summed E-state index contributed by atoms with van der Waals surface area (Å²) in [6.45, 7) is 0. The van der Waals surface area contributed by atoms with Gasteiger partial charge in [-0.3, -0.25) is 0 Å². The molecular weight excluding hydrogens is 216 g/mol. The van der Waals surface area contributed by atoms with Crippen molar-refractivity contribution in [2.75, 3.05) is 5.73 Å². The van der Waals surface area contributed by atoms with Crippen LogP contribution < -0.4 is 5.73 Å². The van der Waals surface area contributed by atoms with Crippen molar-refractivity contribution in [3.63, 3.8) is 0 Å². The molecule has 0 amide bonds. The van der Waals surface area contributed by atoms with Crippen LogP contribution in [0.4, 0.5) is 5.13 Å². The van der Waals surface area contributed by atoms with Crippen molar-refractivity contribution in [3.05, 3.63) is 23.7 Å². The van der Waals surface area contributed by atoms with Crippen LogP contribution in [0.15, 0.2) is 23.7 Å². The Morgan fingerprint density at radius 2 is 2.36 bits per heavy atom. The van der Waals surface area contributed by atoms with Crippen LogP contribution in [0.2, 0.25) is 0 Å². The maximum atomic E-state index is 5.55. The van der Waals surface area contributed by atoms with Gasteiger partial charge in [0.25, 0.3) is 0 Å². The van der Waals surface area contributed by atoms with Crippen LogP contribution in [0.5, 0.6) is 0 Å². The topological polar surface area (TPSA) is 56.2 Å². The lowest BCUT2D eigenvalue weighted by molar-refractivity contribution is 0.981. The number of aromatic nitrogens is 3. The van der Waals surface area contributed by atoms with Gasteiger partial charge in [-0.05, 0) is 11.4 Å². The van der Waals surface area contributed by atoms with Gasteiger partial charge in [-0.25, -0.2) is 9.50 Å². The summed E-state index contributed by atoms with van der Waals surface area (Å²) in [6, 6.07) is 4.05. The number of nitrogen functional groups attached to an aromatic ring is 1. The molecule has 0 unspecified atom stereocenters. The maximum Gasteiger partial charge on any atom is 0.214 e. The van der Waals surface area contributed by atoms with E-state index >= 15 is 0 Å². The molecule has 0 aliphatic rings. The average molecular weight is 222 g/mol. The molecular formula is C8H6N4S2. The monoisotopic (exact) mass is 222 g/mol. The molecule has 0 radical (unpaired) electrons. The summed E-state index contributed by atoms with van der Waals surface area (Å²) in [5, 5.41) is 6.68. The highest BCUT2D eigenvalue weighted by atomic mass is 32.1. The number of hydrogen-bond acceptors (Lipinski definition) is 5. The molecule has 0 atom stereocenters. The minimum Gasteiger partial charge on any atom is -0.374 e. The molecule has 0 fully saturated rings. The Morgan fingerprint density at radius 1 is 1.43 bits per heavy atom. The van der Waals surface area contributed by atoms with Gasteiger partial charge in [-0.15, -0.1) is 16.4 Å². The smallest absolute Gasteiger partial charge is 0.214 e. The van der Waals surface area contributed by atoms with Crippen molar-refractivity contribution in [2.24, 2.45) is 0 Å². The Bertz CT molecular complexity index is 532. The van der Waals surface area contributed by atoms with Gasteiger partial charge in [-0.2, -0.15) is 0 Å². The lowest BCUT2D eigenvalue weighted by Gasteiger charge is -1.85. The minimum atomic E-state index is 0.547. The Kier molecular flexibility index (Phi) is 1.59. The lowest BCUT2D eigenvalue weighted by atomic mass is 10.4. The van der Waals surface area contributed by atoms with Gasteiger partial charge < -0.3 is 5.73 Å². The van der Waals surface area contributed by atoms with Crippen molar-refractivity contribution in [3.8, 4) is 10.6 Å². The summed E-state index contributed by atoms with van der Waals surface area (Å²) >= 11 is 3.06. The Balaban J connectivity index is 2.20. The molecule has 3 aromatic rings. The molecule has 6 heteroatoms. The van der Waals surface area contributed by atoms with E-state index in [0.29, 0.717) is 5.13 Å². The molecule has 0 aliphatic carbocycles. The molecule has 0 aliphatic heterocycles. The second-order valence-corrected chi connectivity index (χ2v) is 4.71. The lowest BCUT2D eigenvalue weighted by Crippen LogP contribution is -1.85. The van der Waals surface area contributed by atoms with Gasteiger partial charge in [0.15, 0.2) is 0 Å². The summed E-state index contributed by atoms with van der Waals surface area (Å²) in [7, 11) is 0. The van der Waals surface area contributed by atoms with Crippen LogP contribution in [-0.2, 0) is 0 Å². The fourth-order valence-electron chi connectivity index (χ4n) is 1.26. The van der Waals surface area contributed by atoms with E-state index in [-0.39, 0.29) is 0 Å². The standard InChI is InChI=1S/C8H6N4S2/c9-7-11-12-4-5(10-8(12)14-7)6-2-1-3-13-6/h1-4H,(H2,9,11). The van der Waals surface area contributed by atoms with E-state index in [0.717, 1.165) is 15.5 Å². The zero-order valence-corrected chi connectivity index (χ0v) is 8.68. The van der Waals surface area contributed by atoms with E-state index in [1.54, 1.807) is 15.9 Å². The molecule has 14 heavy (non-hydrogen) atoms. The van der Waals surface area contributed by atoms with Crippen LogP contribution in [0.1, 0.15) is 0 Å². The summed E-state index contributed by atoms with van der Waals surface area (Å²) in [5.74, 6) is 0. The number of hydrogen-bond donors (Lipinski definition) is 1. The van der Waals surface area contributed by atoms with Crippen LogP contribution in [0.25, 0.3) is 15.5 Å². The molecule has 0 spiro atoms. The van der Waals surface area contributed by atoms with Gasteiger partial charge in [0.05, 0.1) is 11.1 Å². The summed E-state index contributed by atoms with van der Waals surface area (Å²) in [4.78, 5) is 6.42. The predicted octanol–water partition coefficient (Wildman–Crippen LogP) is 2.10. The molecule has 0 aromatic carbocycles. The first kappa shape index (κ1) is 7.95. The maximum absolute atomic E-state index is 5.55. The molecule has 2 N–H and O–H groups in total. The molecule has 3 aromatic heterocycles. The second-order valence-electron chi connectivity index (χ2n) is 2.77. The summed E-state index contributed by atoms with van der Waals surface area (Å²) in [5.41, 5.74) is 6.51. The highest BCUT2D eigenvalue weighted by Crippen LogP contribution is 2.26. The largest absolute Gasteiger partial charge is 0.374 e. The molecule has 0 saturated heterocycles. The van der Waals surface area contributed by atoms with Crippen LogP contribution in [-0.4, -0.2) is 14.6 Å². The second kappa shape index (κ2) is 2.79. The average Bonchev–Trinajstić information content (AvgIpc) is 2.74. The SMILES string of the molecule is Nc1nn2cc(-c3cccs3)nc2s1. The quantitative estimate of drug-likeness (QED) is 0.686. The number of anilines is 1. The molecule has 3 heterocycles. The minimum absolute atomic E-state index is 0.547. The number of thiophene rings is 1. The third-order valence-electron chi connectivity index (χ3n) is 1.83. The molecule has 4 nitrogen and oxygen atoms in total. The fourth-order valence-corrected chi connectivity index (χ4v) is 2.59. The number of fused-ring (bicyclic) bond motifs is 1. The van der Waals surface area contributed by atoms with Crippen LogP contribution in [0.3, 0.4) is 0 Å². The van der Waals surface area contributed by atoms with E-state index < -0.39 is 0 Å². The van der Waals surface area contributed by atoms with Gasteiger partial charge in [-0.1, -0.05) is 17.4 Å². The van der Waals surface area contributed by atoms with Gasteiger partial charge in [0.2, 0.25) is 10.1 Å². The number of nitrogens with two attached hydrogens (primary N) is 1. The highest BCUT2D eigenvalue weighted by Gasteiger charge is 2.07. The highest BCUT2D eigenvalue weighted by molar-refractivity contribution is 7.20. The van der Waals surface area contributed by atoms with Crippen molar-refractivity contribution in [1.82, 2.24) is 14.6 Å². The van der Waals surface area contributed by atoms with E-state index in [1.165, 1.54) is 11.3 Å². The van der Waals surface area contributed by atoms with Crippen molar-refractivity contribution in [1.29, 1.82) is 0 Å². The summed E-state index contributed by atoms with van der Waals surface area (Å²) < 4.78 is 1.72. The third-order valence-corrected chi connectivity index (χ3v) is 3.48. The van der Waals surface area contributed by atoms with Crippen molar-refractivity contribution in [2.45, 2.75) is 0 Å². The summed E-state index contributed by atoms with van der Waals surface area (Å²) in [6.07, 6.45) is 1.90. The van der Waals surface area contributed by atoms with E-state index in [1.807, 2.05) is 23.7 Å².